The van der Waals surface area contributed by atoms with Gasteiger partial charge in [0.2, 0.25) is 0 Å². The summed E-state index contributed by atoms with van der Waals surface area (Å²) >= 11 is 6.23. The fourth-order valence-corrected chi connectivity index (χ4v) is 4.04. The highest BCUT2D eigenvalue weighted by atomic mass is 35.5. The van der Waals surface area contributed by atoms with Crippen LogP contribution in [0, 0.1) is 5.82 Å². The van der Waals surface area contributed by atoms with E-state index in [0.29, 0.717) is 22.7 Å². The summed E-state index contributed by atoms with van der Waals surface area (Å²) in [6.45, 7) is 0.304. The number of fused-ring (bicyclic) bond motifs is 2. The Morgan fingerprint density at radius 3 is 2.66 bits per heavy atom. The van der Waals surface area contributed by atoms with Gasteiger partial charge in [0.25, 0.3) is 5.91 Å². The van der Waals surface area contributed by atoms with Crippen LogP contribution in [0.2, 0.25) is 5.02 Å². The molecule has 3 aromatic carbocycles. The predicted octanol–water partition coefficient (Wildman–Crippen LogP) is 5.97. The van der Waals surface area contributed by atoms with Crippen LogP contribution in [-0.4, -0.2) is 10.5 Å². The van der Waals surface area contributed by atoms with E-state index < -0.39 is 0 Å². The second kappa shape index (κ2) is 6.90. The first-order chi connectivity index (χ1) is 14.1. The summed E-state index contributed by atoms with van der Waals surface area (Å²) in [5.41, 5.74) is 4.60. The van der Waals surface area contributed by atoms with Gasteiger partial charge in [-0.05, 0) is 30.3 Å². The van der Waals surface area contributed by atoms with Crippen molar-refractivity contribution in [3.8, 4) is 0 Å². The molecule has 0 spiro atoms. The van der Waals surface area contributed by atoms with Crippen LogP contribution in [0.5, 0.6) is 0 Å². The smallest absolute Gasteiger partial charge is 0.256 e. The minimum absolute atomic E-state index is 0.125. The number of para-hydroxylation sites is 2. The zero-order valence-electron chi connectivity index (χ0n) is 15.3. The van der Waals surface area contributed by atoms with Crippen molar-refractivity contribution in [1.82, 2.24) is 4.57 Å². The van der Waals surface area contributed by atoms with Gasteiger partial charge in [-0.25, -0.2) is 4.39 Å². The van der Waals surface area contributed by atoms with Gasteiger partial charge in [0.15, 0.2) is 0 Å². The number of halogens is 2. The van der Waals surface area contributed by atoms with E-state index in [9.17, 15) is 9.18 Å². The van der Waals surface area contributed by atoms with E-state index in [1.54, 1.807) is 12.1 Å². The van der Waals surface area contributed by atoms with Crippen LogP contribution in [0.25, 0.3) is 22.6 Å². The Bertz CT molecular complexity index is 1290. The molecule has 1 N–H and O–H groups in total. The molecule has 29 heavy (non-hydrogen) atoms. The van der Waals surface area contributed by atoms with Crippen LogP contribution in [0.4, 0.5) is 10.1 Å². The number of carbonyl (C=O) groups is 1. The Kier molecular flexibility index (Phi) is 4.22. The maximum atomic E-state index is 14.3. The van der Waals surface area contributed by atoms with Crippen LogP contribution in [0.15, 0.2) is 72.9 Å². The average molecular weight is 403 g/mol. The van der Waals surface area contributed by atoms with Crippen molar-refractivity contribution < 1.29 is 9.18 Å². The van der Waals surface area contributed by atoms with Crippen molar-refractivity contribution in [3.05, 3.63) is 100 Å². The van der Waals surface area contributed by atoms with E-state index in [2.05, 4.69) is 5.32 Å². The molecule has 4 aromatic rings. The number of hydrogen-bond acceptors (Lipinski definition) is 1. The topological polar surface area (TPSA) is 34.0 Å². The summed E-state index contributed by atoms with van der Waals surface area (Å²) in [4.78, 5) is 12.5. The molecule has 3 nitrogen and oxygen atoms in total. The van der Waals surface area contributed by atoms with Gasteiger partial charge < -0.3 is 9.88 Å². The highest BCUT2D eigenvalue weighted by Crippen LogP contribution is 2.34. The molecule has 1 aliphatic rings. The largest absolute Gasteiger partial charge is 0.342 e. The van der Waals surface area contributed by atoms with Crippen molar-refractivity contribution in [2.24, 2.45) is 0 Å². The molecule has 5 heteroatoms. The summed E-state index contributed by atoms with van der Waals surface area (Å²) in [5.74, 6) is -0.459. The normalized spacial score (nSPS) is 14.4. The van der Waals surface area contributed by atoms with Crippen molar-refractivity contribution in [2.75, 3.05) is 5.32 Å². The van der Waals surface area contributed by atoms with E-state index in [-0.39, 0.29) is 11.7 Å². The number of nitrogens with one attached hydrogen (secondary N) is 1. The Labute approximate surface area is 172 Å². The minimum atomic E-state index is -0.334. The molecule has 0 saturated carbocycles. The number of benzene rings is 3. The number of amides is 1. The highest BCUT2D eigenvalue weighted by Gasteiger charge is 2.24. The number of carbonyl (C=O) groups excluding carboxylic acids is 1. The molecular formula is C24H16ClFN2O. The van der Waals surface area contributed by atoms with E-state index in [1.165, 1.54) is 6.07 Å². The Balaban J connectivity index is 1.65. The highest BCUT2D eigenvalue weighted by molar-refractivity contribution is 6.35. The minimum Gasteiger partial charge on any atom is -0.342 e. The third-order valence-corrected chi connectivity index (χ3v) is 5.57. The first-order valence-electron chi connectivity index (χ1n) is 9.25. The molecule has 0 atom stereocenters. The molecule has 1 aromatic heterocycles. The number of hydrogen-bond donors (Lipinski definition) is 1. The molecule has 2 heterocycles. The van der Waals surface area contributed by atoms with Crippen molar-refractivity contribution in [1.29, 1.82) is 0 Å². The zero-order chi connectivity index (χ0) is 20.0. The second-order valence-electron chi connectivity index (χ2n) is 6.99. The summed E-state index contributed by atoms with van der Waals surface area (Å²) < 4.78 is 16.3. The molecule has 1 aliphatic heterocycles. The van der Waals surface area contributed by atoms with Gasteiger partial charge in [0, 0.05) is 50.1 Å². The van der Waals surface area contributed by atoms with Crippen LogP contribution >= 0.6 is 11.6 Å². The number of nitrogens with zero attached hydrogens (tertiary/aromatic N) is 1. The predicted molar refractivity (Wildman–Crippen MR) is 115 cm³/mol. The van der Waals surface area contributed by atoms with Crippen LogP contribution in [-0.2, 0) is 11.3 Å². The molecule has 0 fully saturated rings. The summed E-state index contributed by atoms with van der Waals surface area (Å²) in [6, 6.07) is 20.2. The summed E-state index contributed by atoms with van der Waals surface area (Å²) in [7, 11) is 0. The average Bonchev–Trinajstić information content (AvgIpc) is 3.23. The van der Waals surface area contributed by atoms with Gasteiger partial charge in [-0.15, -0.1) is 0 Å². The lowest BCUT2D eigenvalue weighted by Gasteiger charge is -2.08. The monoisotopic (exact) mass is 402 g/mol. The quantitative estimate of drug-likeness (QED) is 0.420. The third kappa shape index (κ3) is 3.02. The number of rotatable bonds is 3. The van der Waals surface area contributed by atoms with E-state index in [0.717, 1.165) is 27.7 Å². The van der Waals surface area contributed by atoms with Gasteiger partial charge in [-0.1, -0.05) is 54.1 Å². The summed E-state index contributed by atoms with van der Waals surface area (Å²) in [5, 5.41) is 4.28. The van der Waals surface area contributed by atoms with Crippen molar-refractivity contribution in [3.63, 3.8) is 0 Å². The van der Waals surface area contributed by atoms with Gasteiger partial charge >= 0.3 is 0 Å². The Morgan fingerprint density at radius 2 is 1.79 bits per heavy atom. The van der Waals surface area contributed by atoms with E-state index in [1.807, 2.05) is 65.4 Å². The lowest BCUT2D eigenvalue weighted by Crippen LogP contribution is -2.03. The fraction of sp³-hybridized carbons (Fsp3) is 0.0417. The Hall–Kier alpha value is -3.37. The van der Waals surface area contributed by atoms with Crippen LogP contribution in [0.1, 0.15) is 16.7 Å². The van der Waals surface area contributed by atoms with Gasteiger partial charge in [-0.2, -0.15) is 0 Å². The number of anilines is 1. The fourth-order valence-electron chi connectivity index (χ4n) is 3.81. The third-order valence-electron chi connectivity index (χ3n) is 5.22. The van der Waals surface area contributed by atoms with Crippen LogP contribution < -0.4 is 5.32 Å². The second-order valence-corrected chi connectivity index (χ2v) is 7.39. The molecule has 0 bridgehead atoms. The molecule has 142 valence electrons. The molecule has 1 amide bonds. The molecule has 0 saturated heterocycles. The zero-order valence-corrected chi connectivity index (χ0v) is 16.1. The SMILES string of the molecule is O=C1Nc2ccccc2/C1=C\c1cn(Cc2c(F)cccc2Cl)c2ccccc12. The number of aromatic nitrogens is 1. The van der Waals surface area contributed by atoms with Crippen molar-refractivity contribution in [2.45, 2.75) is 6.54 Å². The van der Waals surface area contributed by atoms with Gasteiger partial charge in [-0.3, -0.25) is 4.79 Å². The lowest BCUT2D eigenvalue weighted by molar-refractivity contribution is -0.110. The molecule has 0 aliphatic carbocycles. The molecule has 0 radical (unpaired) electrons. The summed E-state index contributed by atoms with van der Waals surface area (Å²) in [6.07, 6.45) is 3.83. The van der Waals surface area contributed by atoms with Gasteiger partial charge in [0.1, 0.15) is 5.82 Å². The first-order valence-corrected chi connectivity index (χ1v) is 9.63. The molecular weight excluding hydrogens is 387 g/mol. The van der Waals surface area contributed by atoms with E-state index in [4.69, 9.17) is 11.6 Å². The standard InChI is InChI=1S/C24H16ClFN2O/c25-20-8-5-9-21(26)19(20)14-28-13-15(16-6-2-4-11-23(16)28)12-18-17-7-1-3-10-22(17)27-24(18)29/h1-13H,14H2,(H,27,29)/b18-12+. The van der Waals surface area contributed by atoms with Crippen molar-refractivity contribution >= 4 is 45.7 Å². The Morgan fingerprint density at radius 1 is 1.00 bits per heavy atom. The van der Waals surface area contributed by atoms with E-state index >= 15 is 0 Å². The maximum Gasteiger partial charge on any atom is 0.256 e. The van der Waals surface area contributed by atoms with Gasteiger partial charge in [0.05, 0.1) is 6.54 Å². The lowest BCUT2D eigenvalue weighted by atomic mass is 10.0. The first kappa shape index (κ1) is 17.7. The molecule has 0 unspecified atom stereocenters. The molecule has 5 rings (SSSR count). The maximum absolute atomic E-state index is 14.3. The van der Waals surface area contributed by atoms with Crippen LogP contribution in [0.3, 0.4) is 0 Å².